The Labute approximate surface area is 197 Å². The van der Waals surface area contributed by atoms with E-state index in [-0.39, 0.29) is 11.5 Å². The van der Waals surface area contributed by atoms with Crippen LogP contribution in [0.3, 0.4) is 0 Å². The minimum Gasteiger partial charge on any atom is -0.493 e. The van der Waals surface area contributed by atoms with Crippen molar-refractivity contribution in [1.29, 1.82) is 0 Å². The number of Topliss-reactive ketones (excluding diaryl/α,β-unsaturated/α-hetero) is 1. The van der Waals surface area contributed by atoms with E-state index < -0.39 is 4.92 Å². The van der Waals surface area contributed by atoms with Gasteiger partial charge in [0.25, 0.3) is 5.69 Å². The maximum Gasteiger partial charge on any atom is 0.269 e. The lowest BCUT2D eigenvalue weighted by molar-refractivity contribution is -0.384. The lowest BCUT2D eigenvalue weighted by Crippen LogP contribution is -2.16. The number of benzene rings is 3. The second-order valence-electron chi connectivity index (χ2n) is 7.70. The van der Waals surface area contributed by atoms with E-state index in [9.17, 15) is 14.9 Å². The van der Waals surface area contributed by atoms with Crippen LogP contribution in [0.1, 0.15) is 22.3 Å². The van der Waals surface area contributed by atoms with Gasteiger partial charge in [-0.2, -0.15) is 0 Å². The number of hydrogen-bond acceptors (Lipinski definition) is 6. The summed E-state index contributed by atoms with van der Waals surface area (Å²) in [5.74, 6) is 1.37. The Morgan fingerprint density at radius 3 is 2.09 bits per heavy atom. The molecule has 0 saturated carbocycles. The number of non-ortho nitro benzene ring substituents is 1. The van der Waals surface area contributed by atoms with E-state index in [2.05, 4.69) is 0 Å². The van der Waals surface area contributed by atoms with E-state index in [0.717, 1.165) is 16.7 Å². The molecule has 0 radical (unpaired) electrons. The fraction of sp³-hybridized carbons (Fsp3) is 0.148. The summed E-state index contributed by atoms with van der Waals surface area (Å²) in [6, 6.07) is 17.5. The molecule has 0 fully saturated rings. The number of fused-ring (bicyclic) bond motifs is 1. The summed E-state index contributed by atoms with van der Waals surface area (Å²) in [5.41, 5.74) is 4.47. The van der Waals surface area contributed by atoms with E-state index >= 15 is 0 Å². The molecule has 0 heterocycles. The molecule has 7 nitrogen and oxygen atoms in total. The minimum atomic E-state index is -0.448. The number of ether oxygens (including phenoxy) is 3. The van der Waals surface area contributed by atoms with Crippen molar-refractivity contribution < 1.29 is 23.9 Å². The molecule has 0 aromatic heterocycles. The van der Waals surface area contributed by atoms with E-state index in [1.165, 1.54) is 19.2 Å². The second kappa shape index (κ2) is 9.62. The number of carbonyl (C=O) groups excluding carboxylic acids is 1. The molecular weight excluding hydrogens is 434 g/mol. The van der Waals surface area contributed by atoms with Crippen molar-refractivity contribution in [2.45, 2.75) is 6.42 Å². The van der Waals surface area contributed by atoms with E-state index in [1.807, 2.05) is 30.3 Å². The molecule has 3 aromatic rings. The summed E-state index contributed by atoms with van der Waals surface area (Å²) in [6.45, 7) is 0. The van der Waals surface area contributed by atoms with E-state index in [4.69, 9.17) is 14.2 Å². The van der Waals surface area contributed by atoms with Crippen LogP contribution in [-0.2, 0) is 11.2 Å². The third-order valence-electron chi connectivity index (χ3n) is 5.67. The molecule has 3 aromatic carbocycles. The molecule has 4 rings (SSSR count). The molecule has 1 aliphatic carbocycles. The van der Waals surface area contributed by atoms with Crippen molar-refractivity contribution in [3.63, 3.8) is 0 Å². The topological polar surface area (TPSA) is 87.9 Å². The highest BCUT2D eigenvalue weighted by atomic mass is 16.6. The molecule has 0 aliphatic heterocycles. The number of allylic oxidation sites excluding steroid dienone is 2. The third kappa shape index (κ3) is 4.41. The Bertz CT molecular complexity index is 1300. The number of nitrogens with zero attached hydrogens (tertiary/aromatic N) is 1. The number of nitro benzene ring substituents is 1. The van der Waals surface area contributed by atoms with Gasteiger partial charge in [0.15, 0.2) is 17.3 Å². The first-order valence-electron chi connectivity index (χ1n) is 10.5. The average molecular weight is 457 g/mol. The molecule has 0 amide bonds. The van der Waals surface area contributed by atoms with Crippen LogP contribution in [0.5, 0.6) is 17.2 Å². The van der Waals surface area contributed by atoms with Gasteiger partial charge >= 0.3 is 0 Å². The summed E-state index contributed by atoms with van der Waals surface area (Å²) in [4.78, 5) is 24.1. The Kier molecular flexibility index (Phi) is 6.45. The van der Waals surface area contributed by atoms with Crippen molar-refractivity contribution >= 4 is 29.2 Å². The summed E-state index contributed by atoms with van der Waals surface area (Å²) >= 11 is 0. The molecular formula is C27H23NO6. The van der Waals surface area contributed by atoms with Crippen molar-refractivity contribution in [1.82, 2.24) is 0 Å². The van der Waals surface area contributed by atoms with E-state index in [1.54, 1.807) is 44.6 Å². The molecule has 0 bridgehead atoms. The number of hydrogen-bond donors (Lipinski definition) is 0. The zero-order valence-corrected chi connectivity index (χ0v) is 19.0. The summed E-state index contributed by atoms with van der Waals surface area (Å²) < 4.78 is 16.3. The molecule has 7 heteroatoms. The smallest absolute Gasteiger partial charge is 0.269 e. The Morgan fingerprint density at radius 1 is 0.853 bits per heavy atom. The van der Waals surface area contributed by atoms with Gasteiger partial charge < -0.3 is 14.2 Å². The molecule has 0 saturated heterocycles. The van der Waals surface area contributed by atoms with Crippen LogP contribution in [0.15, 0.2) is 66.2 Å². The van der Waals surface area contributed by atoms with E-state index in [0.29, 0.717) is 40.4 Å². The largest absolute Gasteiger partial charge is 0.493 e. The van der Waals surface area contributed by atoms with Crippen LogP contribution in [-0.4, -0.2) is 32.0 Å². The zero-order chi connectivity index (χ0) is 24.2. The van der Waals surface area contributed by atoms with Gasteiger partial charge in [-0.1, -0.05) is 24.3 Å². The van der Waals surface area contributed by atoms with Crippen molar-refractivity contribution in [2.24, 2.45) is 0 Å². The summed E-state index contributed by atoms with van der Waals surface area (Å²) in [7, 11) is 4.62. The fourth-order valence-corrected chi connectivity index (χ4v) is 4.02. The average Bonchev–Trinajstić information content (AvgIpc) is 2.86. The molecule has 0 spiro atoms. The van der Waals surface area contributed by atoms with Gasteiger partial charge in [0.05, 0.1) is 26.3 Å². The number of rotatable bonds is 6. The second-order valence-corrected chi connectivity index (χ2v) is 7.70. The van der Waals surface area contributed by atoms with Gasteiger partial charge in [-0.25, -0.2) is 0 Å². The van der Waals surface area contributed by atoms with Gasteiger partial charge in [-0.3, -0.25) is 14.9 Å². The number of methoxy groups -OCH3 is 3. The maximum absolute atomic E-state index is 13.6. The number of ketones is 1. The minimum absolute atomic E-state index is 0.000469. The first kappa shape index (κ1) is 22.8. The monoisotopic (exact) mass is 457 g/mol. The predicted molar refractivity (Wildman–Crippen MR) is 130 cm³/mol. The summed E-state index contributed by atoms with van der Waals surface area (Å²) in [5, 5.41) is 11.0. The maximum atomic E-state index is 13.6. The highest BCUT2D eigenvalue weighted by Crippen LogP contribution is 2.40. The zero-order valence-electron chi connectivity index (χ0n) is 19.0. The van der Waals surface area contributed by atoms with Gasteiger partial charge in [0, 0.05) is 29.7 Å². The lowest BCUT2D eigenvalue weighted by atomic mass is 9.81. The fourth-order valence-electron chi connectivity index (χ4n) is 4.02. The molecule has 34 heavy (non-hydrogen) atoms. The lowest BCUT2D eigenvalue weighted by Gasteiger charge is -2.21. The van der Waals surface area contributed by atoms with Gasteiger partial charge in [-0.05, 0) is 58.7 Å². The van der Waals surface area contributed by atoms with Crippen LogP contribution in [0.25, 0.3) is 17.7 Å². The van der Waals surface area contributed by atoms with Crippen molar-refractivity contribution in [2.75, 3.05) is 21.3 Å². The van der Waals surface area contributed by atoms with Crippen LogP contribution < -0.4 is 14.2 Å². The van der Waals surface area contributed by atoms with Gasteiger partial charge in [-0.15, -0.1) is 0 Å². The third-order valence-corrected chi connectivity index (χ3v) is 5.67. The molecule has 172 valence electrons. The van der Waals surface area contributed by atoms with Crippen LogP contribution >= 0.6 is 0 Å². The molecule has 0 N–H and O–H groups in total. The van der Waals surface area contributed by atoms with Crippen LogP contribution in [0.2, 0.25) is 0 Å². The normalized spacial score (nSPS) is 15.2. The first-order chi connectivity index (χ1) is 16.4. The number of nitro groups is 1. The standard InChI is InChI=1S/C27H23NO6/c1-32-24-14-18(15-25(33-2)27(24)34-3)12-20-16-19-6-4-5-7-22(19)23(26(20)29)13-17-8-10-21(11-9-17)28(30)31/h4-15H,16H2,1-3H3/b20-12+,23-13+. The molecule has 1 aliphatic rings. The quantitative estimate of drug-likeness (QED) is 0.281. The summed E-state index contributed by atoms with van der Waals surface area (Å²) in [6.07, 6.45) is 4.07. The Balaban J connectivity index is 1.80. The van der Waals surface area contributed by atoms with Crippen molar-refractivity contribution in [3.05, 3.63) is 98.6 Å². The van der Waals surface area contributed by atoms with Crippen LogP contribution in [0.4, 0.5) is 5.69 Å². The SMILES string of the molecule is COc1cc(/C=C2\Cc3ccccc3/C(=C\c3ccc([N+](=O)[O-])cc3)C2=O)cc(OC)c1OC. The molecule has 0 atom stereocenters. The van der Waals surface area contributed by atoms with Gasteiger partial charge in [0.2, 0.25) is 5.75 Å². The highest BCUT2D eigenvalue weighted by molar-refractivity contribution is 6.35. The Hall–Kier alpha value is -4.39. The Morgan fingerprint density at radius 2 is 1.50 bits per heavy atom. The number of carbonyl (C=O) groups is 1. The van der Waals surface area contributed by atoms with Gasteiger partial charge in [0.1, 0.15) is 0 Å². The van der Waals surface area contributed by atoms with Crippen LogP contribution in [0, 0.1) is 10.1 Å². The first-order valence-corrected chi connectivity index (χ1v) is 10.5. The predicted octanol–water partition coefficient (Wildman–Crippen LogP) is 5.37. The highest BCUT2D eigenvalue weighted by Gasteiger charge is 2.26. The molecule has 0 unspecified atom stereocenters. The van der Waals surface area contributed by atoms with Crippen molar-refractivity contribution in [3.8, 4) is 17.2 Å².